The van der Waals surface area contributed by atoms with Crippen molar-refractivity contribution in [3.05, 3.63) is 35.2 Å². The van der Waals surface area contributed by atoms with Crippen molar-refractivity contribution in [2.45, 2.75) is 18.7 Å². The van der Waals surface area contributed by atoms with Gasteiger partial charge in [0.1, 0.15) is 0 Å². The highest BCUT2D eigenvalue weighted by Crippen LogP contribution is 2.25. The predicted octanol–water partition coefficient (Wildman–Crippen LogP) is 2.97. The third kappa shape index (κ3) is 3.48. The van der Waals surface area contributed by atoms with Gasteiger partial charge in [-0.2, -0.15) is 16.7 Å². The fourth-order valence-electron chi connectivity index (χ4n) is 1.40. The fourth-order valence-corrected chi connectivity index (χ4v) is 2.40. The van der Waals surface area contributed by atoms with Crippen molar-refractivity contribution in [1.82, 2.24) is 10.1 Å². The molecule has 0 spiro atoms. The first-order valence-electron chi connectivity index (χ1n) is 5.57. The molecule has 0 aliphatic carbocycles. The van der Waals surface area contributed by atoms with E-state index < -0.39 is 0 Å². The van der Waals surface area contributed by atoms with Gasteiger partial charge in [0.05, 0.1) is 10.8 Å². The Balaban J connectivity index is 2.04. The molecular weight excluding hydrogens is 270 g/mol. The highest BCUT2D eigenvalue weighted by atomic mass is 35.5. The SMILES string of the molecule is CC(N)CSCc1nc(-c2ccccc2Cl)no1. The van der Waals surface area contributed by atoms with Crippen LogP contribution in [0.25, 0.3) is 11.4 Å². The van der Waals surface area contributed by atoms with E-state index >= 15 is 0 Å². The minimum Gasteiger partial charge on any atom is -0.338 e. The number of hydrogen-bond donors (Lipinski definition) is 1. The van der Waals surface area contributed by atoms with Crippen LogP contribution in [0, 0.1) is 0 Å². The number of hydrogen-bond acceptors (Lipinski definition) is 5. The van der Waals surface area contributed by atoms with Crippen LogP contribution in [-0.4, -0.2) is 21.9 Å². The zero-order valence-electron chi connectivity index (χ0n) is 9.97. The molecule has 0 fully saturated rings. The van der Waals surface area contributed by atoms with Gasteiger partial charge in [0.25, 0.3) is 0 Å². The second-order valence-corrected chi connectivity index (χ2v) is 5.42. The lowest BCUT2D eigenvalue weighted by Crippen LogP contribution is -2.17. The van der Waals surface area contributed by atoms with Gasteiger partial charge in [-0.05, 0) is 19.1 Å². The summed E-state index contributed by atoms with van der Waals surface area (Å²) in [6.45, 7) is 1.97. The highest BCUT2D eigenvalue weighted by molar-refractivity contribution is 7.98. The Morgan fingerprint density at radius 1 is 1.44 bits per heavy atom. The summed E-state index contributed by atoms with van der Waals surface area (Å²) in [6.07, 6.45) is 0. The third-order valence-corrected chi connectivity index (χ3v) is 3.73. The Bertz CT molecular complexity index is 516. The van der Waals surface area contributed by atoms with Crippen molar-refractivity contribution in [3.8, 4) is 11.4 Å². The molecule has 0 saturated carbocycles. The molecule has 1 aromatic carbocycles. The molecule has 4 nitrogen and oxygen atoms in total. The molecule has 2 N–H and O–H groups in total. The molecule has 2 aromatic rings. The smallest absolute Gasteiger partial charge is 0.236 e. The van der Waals surface area contributed by atoms with E-state index in [4.69, 9.17) is 21.9 Å². The van der Waals surface area contributed by atoms with Crippen LogP contribution in [0.5, 0.6) is 0 Å². The van der Waals surface area contributed by atoms with Crippen LogP contribution in [-0.2, 0) is 5.75 Å². The van der Waals surface area contributed by atoms with Crippen LogP contribution >= 0.6 is 23.4 Å². The zero-order chi connectivity index (χ0) is 13.0. The molecule has 2 rings (SSSR count). The van der Waals surface area contributed by atoms with E-state index in [0.29, 0.717) is 22.5 Å². The zero-order valence-corrected chi connectivity index (χ0v) is 11.5. The first-order chi connectivity index (χ1) is 8.66. The van der Waals surface area contributed by atoms with Gasteiger partial charge < -0.3 is 10.3 Å². The standard InChI is InChI=1S/C12H14ClN3OS/c1-8(14)6-18-7-11-15-12(16-17-11)9-4-2-3-5-10(9)13/h2-5,8H,6-7,14H2,1H3. The quantitative estimate of drug-likeness (QED) is 0.914. The molecule has 6 heteroatoms. The Hall–Kier alpha value is -1.04. The normalized spacial score (nSPS) is 12.6. The molecule has 1 unspecified atom stereocenters. The number of rotatable bonds is 5. The summed E-state index contributed by atoms with van der Waals surface area (Å²) in [4.78, 5) is 4.31. The molecule has 1 atom stereocenters. The van der Waals surface area contributed by atoms with Crippen molar-refractivity contribution >= 4 is 23.4 Å². The average molecular weight is 284 g/mol. The Morgan fingerprint density at radius 2 is 2.22 bits per heavy atom. The van der Waals surface area contributed by atoms with E-state index in [0.717, 1.165) is 11.3 Å². The van der Waals surface area contributed by atoms with Gasteiger partial charge in [0, 0.05) is 17.4 Å². The van der Waals surface area contributed by atoms with E-state index in [9.17, 15) is 0 Å². The summed E-state index contributed by atoms with van der Waals surface area (Å²) in [5.41, 5.74) is 6.45. The van der Waals surface area contributed by atoms with Gasteiger partial charge in [-0.15, -0.1) is 0 Å². The van der Waals surface area contributed by atoms with Gasteiger partial charge in [0.2, 0.25) is 11.7 Å². The number of nitrogens with zero attached hydrogens (tertiary/aromatic N) is 2. The molecular formula is C12H14ClN3OS. The Labute approximate surface area is 115 Å². The molecule has 1 heterocycles. The van der Waals surface area contributed by atoms with Gasteiger partial charge >= 0.3 is 0 Å². The lowest BCUT2D eigenvalue weighted by atomic mass is 10.2. The largest absolute Gasteiger partial charge is 0.338 e. The molecule has 0 bridgehead atoms. The predicted molar refractivity (Wildman–Crippen MR) is 74.6 cm³/mol. The first-order valence-corrected chi connectivity index (χ1v) is 7.11. The highest BCUT2D eigenvalue weighted by Gasteiger charge is 2.11. The lowest BCUT2D eigenvalue weighted by Gasteiger charge is -2.00. The van der Waals surface area contributed by atoms with Crippen LogP contribution < -0.4 is 5.73 Å². The van der Waals surface area contributed by atoms with E-state index in [-0.39, 0.29) is 6.04 Å². The van der Waals surface area contributed by atoms with Crippen molar-refractivity contribution in [2.75, 3.05) is 5.75 Å². The Morgan fingerprint density at radius 3 is 2.94 bits per heavy atom. The van der Waals surface area contributed by atoms with E-state index in [2.05, 4.69) is 10.1 Å². The molecule has 0 aliphatic rings. The van der Waals surface area contributed by atoms with Gasteiger partial charge in [-0.1, -0.05) is 28.9 Å². The number of nitrogens with two attached hydrogens (primary N) is 1. The molecule has 0 aliphatic heterocycles. The van der Waals surface area contributed by atoms with Crippen molar-refractivity contribution in [3.63, 3.8) is 0 Å². The molecule has 18 heavy (non-hydrogen) atoms. The third-order valence-electron chi connectivity index (χ3n) is 2.19. The summed E-state index contributed by atoms with van der Waals surface area (Å²) in [6, 6.07) is 7.60. The number of halogens is 1. The summed E-state index contributed by atoms with van der Waals surface area (Å²) in [5.74, 6) is 2.65. The van der Waals surface area contributed by atoms with Crippen LogP contribution in [0.3, 0.4) is 0 Å². The van der Waals surface area contributed by atoms with Crippen LogP contribution in [0.1, 0.15) is 12.8 Å². The molecule has 0 saturated heterocycles. The summed E-state index contributed by atoms with van der Waals surface area (Å²) in [7, 11) is 0. The lowest BCUT2D eigenvalue weighted by molar-refractivity contribution is 0.391. The van der Waals surface area contributed by atoms with E-state index in [1.54, 1.807) is 17.8 Å². The molecule has 0 radical (unpaired) electrons. The molecule has 1 aromatic heterocycles. The topological polar surface area (TPSA) is 64.9 Å². The number of thioether (sulfide) groups is 1. The average Bonchev–Trinajstić information content (AvgIpc) is 2.78. The first kappa shape index (κ1) is 13.4. The van der Waals surface area contributed by atoms with Gasteiger partial charge in [-0.3, -0.25) is 0 Å². The second-order valence-electron chi connectivity index (χ2n) is 3.98. The second kappa shape index (κ2) is 6.22. The minimum atomic E-state index is 0.168. The summed E-state index contributed by atoms with van der Waals surface area (Å²) < 4.78 is 5.17. The van der Waals surface area contributed by atoms with Crippen molar-refractivity contribution in [2.24, 2.45) is 5.73 Å². The summed E-state index contributed by atoms with van der Waals surface area (Å²) in [5, 5.41) is 4.55. The van der Waals surface area contributed by atoms with Gasteiger partial charge in [0.15, 0.2) is 0 Å². The van der Waals surface area contributed by atoms with Crippen LogP contribution in [0.4, 0.5) is 0 Å². The van der Waals surface area contributed by atoms with Crippen molar-refractivity contribution < 1.29 is 4.52 Å². The molecule has 96 valence electrons. The van der Waals surface area contributed by atoms with E-state index in [1.165, 1.54) is 0 Å². The van der Waals surface area contributed by atoms with Crippen LogP contribution in [0.2, 0.25) is 5.02 Å². The maximum atomic E-state index is 6.07. The number of benzene rings is 1. The number of aromatic nitrogens is 2. The maximum absolute atomic E-state index is 6.07. The summed E-state index contributed by atoms with van der Waals surface area (Å²) >= 11 is 7.74. The van der Waals surface area contributed by atoms with Crippen LogP contribution in [0.15, 0.2) is 28.8 Å². The monoisotopic (exact) mass is 283 g/mol. The van der Waals surface area contributed by atoms with E-state index in [1.807, 2.05) is 25.1 Å². The minimum absolute atomic E-state index is 0.168. The van der Waals surface area contributed by atoms with Gasteiger partial charge in [-0.25, -0.2) is 0 Å². The fraction of sp³-hybridized carbons (Fsp3) is 0.333. The van der Waals surface area contributed by atoms with Crippen molar-refractivity contribution in [1.29, 1.82) is 0 Å². The Kier molecular flexibility index (Phi) is 4.63. The maximum Gasteiger partial charge on any atom is 0.236 e. The molecule has 0 amide bonds.